The average Bonchev–Trinajstić information content (AvgIpc) is 2.97. The van der Waals surface area contributed by atoms with E-state index < -0.39 is 0 Å². The molecule has 1 amide bonds. The van der Waals surface area contributed by atoms with E-state index in [0.717, 1.165) is 30.6 Å². The summed E-state index contributed by atoms with van der Waals surface area (Å²) in [7, 11) is 0. The van der Waals surface area contributed by atoms with Gasteiger partial charge in [-0.25, -0.2) is 4.98 Å². The molecule has 0 saturated heterocycles. The van der Waals surface area contributed by atoms with Crippen molar-refractivity contribution in [3.8, 4) is 11.3 Å². The largest absolute Gasteiger partial charge is 0.443 e. The summed E-state index contributed by atoms with van der Waals surface area (Å²) in [6.07, 6.45) is 2.38. The van der Waals surface area contributed by atoms with Crippen LogP contribution >= 0.6 is 0 Å². The first kappa shape index (κ1) is 15.3. The van der Waals surface area contributed by atoms with Crippen LogP contribution in [-0.2, 0) is 0 Å². The molecule has 2 aromatic rings. The summed E-state index contributed by atoms with van der Waals surface area (Å²) in [6, 6.07) is 7.81. The Morgan fingerprint density at radius 2 is 1.95 bits per heavy atom. The van der Waals surface area contributed by atoms with Crippen LogP contribution in [0.2, 0.25) is 0 Å². The minimum atomic E-state index is -0.211. The van der Waals surface area contributed by atoms with Gasteiger partial charge in [-0.3, -0.25) is 4.79 Å². The number of nitrogens with zero attached hydrogens (tertiary/aromatic N) is 1. The Hall–Kier alpha value is -2.14. The summed E-state index contributed by atoms with van der Waals surface area (Å²) in [4.78, 5) is 16.2. The van der Waals surface area contributed by atoms with E-state index in [1.54, 1.807) is 0 Å². The van der Waals surface area contributed by atoms with Crippen molar-refractivity contribution in [3.63, 3.8) is 0 Å². The SMILES string of the molecule is CCCNCCNC(=O)c1ncoc1-c1ccc(C)cc1. The lowest BCUT2D eigenvalue weighted by Crippen LogP contribution is -2.32. The van der Waals surface area contributed by atoms with Crippen LogP contribution in [0, 0.1) is 6.92 Å². The van der Waals surface area contributed by atoms with Crippen LogP contribution in [0.25, 0.3) is 11.3 Å². The van der Waals surface area contributed by atoms with Crippen LogP contribution in [0.3, 0.4) is 0 Å². The second-order valence-corrected chi connectivity index (χ2v) is 4.90. The van der Waals surface area contributed by atoms with Gasteiger partial charge in [0, 0.05) is 18.7 Å². The fraction of sp³-hybridized carbons (Fsp3) is 0.375. The van der Waals surface area contributed by atoms with Crippen LogP contribution in [0.5, 0.6) is 0 Å². The summed E-state index contributed by atoms with van der Waals surface area (Å²) < 4.78 is 5.37. The number of hydrogen-bond acceptors (Lipinski definition) is 4. The smallest absolute Gasteiger partial charge is 0.273 e. The van der Waals surface area contributed by atoms with Gasteiger partial charge < -0.3 is 15.1 Å². The predicted molar refractivity (Wildman–Crippen MR) is 82.2 cm³/mol. The number of rotatable bonds is 7. The molecule has 21 heavy (non-hydrogen) atoms. The molecule has 1 aromatic carbocycles. The van der Waals surface area contributed by atoms with E-state index in [0.29, 0.717) is 18.0 Å². The van der Waals surface area contributed by atoms with Gasteiger partial charge in [-0.1, -0.05) is 36.8 Å². The molecule has 1 aromatic heterocycles. The fourth-order valence-corrected chi connectivity index (χ4v) is 1.97. The molecule has 2 rings (SSSR count). The second-order valence-electron chi connectivity index (χ2n) is 4.90. The van der Waals surface area contributed by atoms with Crippen molar-refractivity contribution >= 4 is 5.91 Å². The maximum Gasteiger partial charge on any atom is 0.273 e. The lowest BCUT2D eigenvalue weighted by molar-refractivity contribution is 0.0950. The van der Waals surface area contributed by atoms with Crippen LogP contribution in [0.4, 0.5) is 0 Å². The third-order valence-corrected chi connectivity index (χ3v) is 3.11. The molecule has 5 heteroatoms. The topological polar surface area (TPSA) is 67.2 Å². The zero-order valence-electron chi connectivity index (χ0n) is 12.5. The molecular formula is C16H21N3O2. The Bertz CT molecular complexity index is 575. The first-order chi connectivity index (χ1) is 10.2. The molecule has 0 unspecified atom stereocenters. The molecule has 0 aliphatic carbocycles. The fourth-order valence-electron chi connectivity index (χ4n) is 1.97. The molecule has 0 radical (unpaired) electrons. The van der Waals surface area contributed by atoms with Crippen molar-refractivity contribution in [1.29, 1.82) is 0 Å². The summed E-state index contributed by atoms with van der Waals surface area (Å²) in [5, 5.41) is 6.07. The molecule has 0 aliphatic rings. The Balaban J connectivity index is 1.99. The molecule has 0 bridgehead atoms. The molecule has 0 aliphatic heterocycles. The molecule has 0 spiro atoms. The zero-order chi connectivity index (χ0) is 15.1. The van der Waals surface area contributed by atoms with Gasteiger partial charge in [0.1, 0.15) is 0 Å². The molecule has 0 fully saturated rings. The van der Waals surface area contributed by atoms with Crippen LogP contribution in [-0.4, -0.2) is 30.5 Å². The number of aromatic nitrogens is 1. The van der Waals surface area contributed by atoms with Gasteiger partial charge in [0.05, 0.1) is 0 Å². The van der Waals surface area contributed by atoms with Gasteiger partial charge in [-0.2, -0.15) is 0 Å². The highest BCUT2D eigenvalue weighted by Gasteiger charge is 2.17. The van der Waals surface area contributed by atoms with E-state index >= 15 is 0 Å². The second kappa shape index (κ2) is 7.59. The van der Waals surface area contributed by atoms with Gasteiger partial charge >= 0.3 is 0 Å². The highest BCUT2D eigenvalue weighted by molar-refractivity contribution is 5.97. The zero-order valence-corrected chi connectivity index (χ0v) is 12.5. The van der Waals surface area contributed by atoms with Gasteiger partial charge in [-0.15, -0.1) is 0 Å². The maximum atomic E-state index is 12.1. The lowest BCUT2D eigenvalue weighted by Gasteiger charge is -2.05. The van der Waals surface area contributed by atoms with Crippen molar-refractivity contribution in [1.82, 2.24) is 15.6 Å². The number of aryl methyl sites for hydroxylation is 1. The Labute approximate surface area is 124 Å². The van der Waals surface area contributed by atoms with Gasteiger partial charge in [-0.05, 0) is 19.9 Å². The number of amides is 1. The number of carbonyl (C=O) groups excluding carboxylic acids is 1. The first-order valence-corrected chi connectivity index (χ1v) is 7.21. The van der Waals surface area contributed by atoms with Crippen LogP contribution in [0.15, 0.2) is 35.1 Å². The molecule has 0 saturated carbocycles. The quantitative estimate of drug-likeness (QED) is 0.767. The summed E-state index contributed by atoms with van der Waals surface area (Å²) in [5.74, 6) is 0.298. The normalized spacial score (nSPS) is 10.6. The number of hydrogen-bond donors (Lipinski definition) is 2. The molecule has 2 N–H and O–H groups in total. The lowest BCUT2D eigenvalue weighted by atomic mass is 10.1. The summed E-state index contributed by atoms with van der Waals surface area (Å²) in [5.41, 5.74) is 2.34. The van der Waals surface area contributed by atoms with Gasteiger partial charge in [0.15, 0.2) is 17.8 Å². The van der Waals surface area contributed by atoms with Crippen molar-refractivity contribution in [2.24, 2.45) is 0 Å². The van der Waals surface area contributed by atoms with E-state index in [1.165, 1.54) is 6.39 Å². The number of benzene rings is 1. The molecule has 5 nitrogen and oxygen atoms in total. The minimum absolute atomic E-state index is 0.211. The number of oxazole rings is 1. The number of nitrogens with one attached hydrogen (secondary N) is 2. The first-order valence-electron chi connectivity index (χ1n) is 7.21. The summed E-state index contributed by atoms with van der Waals surface area (Å²) in [6.45, 7) is 6.39. The maximum absolute atomic E-state index is 12.1. The Kier molecular flexibility index (Phi) is 5.51. The van der Waals surface area contributed by atoms with Crippen molar-refractivity contribution in [2.75, 3.05) is 19.6 Å². The Morgan fingerprint density at radius 3 is 2.67 bits per heavy atom. The number of carbonyl (C=O) groups is 1. The van der Waals surface area contributed by atoms with Gasteiger partial charge in [0.2, 0.25) is 0 Å². The van der Waals surface area contributed by atoms with E-state index in [9.17, 15) is 4.79 Å². The van der Waals surface area contributed by atoms with E-state index in [2.05, 4.69) is 22.5 Å². The molecular weight excluding hydrogens is 266 g/mol. The van der Waals surface area contributed by atoms with Crippen molar-refractivity contribution < 1.29 is 9.21 Å². The average molecular weight is 287 g/mol. The third-order valence-electron chi connectivity index (χ3n) is 3.11. The van der Waals surface area contributed by atoms with Crippen LogP contribution < -0.4 is 10.6 Å². The van der Waals surface area contributed by atoms with E-state index in [-0.39, 0.29) is 5.91 Å². The van der Waals surface area contributed by atoms with E-state index in [4.69, 9.17) is 4.42 Å². The third kappa shape index (κ3) is 4.16. The van der Waals surface area contributed by atoms with Crippen molar-refractivity contribution in [2.45, 2.75) is 20.3 Å². The van der Waals surface area contributed by atoms with Crippen molar-refractivity contribution in [3.05, 3.63) is 41.9 Å². The highest BCUT2D eigenvalue weighted by atomic mass is 16.3. The highest BCUT2D eigenvalue weighted by Crippen LogP contribution is 2.23. The molecule has 0 atom stereocenters. The summed E-state index contributed by atoms with van der Waals surface area (Å²) >= 11 is 0. The van der Waals surface area contributed by atoms with Gasteiger partial charge in [0.25, 0.3) is 5.91 Å². The molecule has 1 heterocycles. The predicted octanol–water partition coefficient (Wildman–Crippen LogP) is 2.38. The standard InChI is InChI=1S/C16H21N3O2/c1-3-8-17-9-10-18-16(20)14-15(21-11-19-14)13-6-4-12(2)5-7-13/h4-7,11,17H,3,8-10H2,1-2H3,(H,18,20). The minimum Gasteiger partial charge on any atom is -0.443 e. The van der Waals surface area contributed by atoms with E-state index in [1.807, 2.05) is 31.2 Å². The monoisotopic (exact) mass is 287 g/mol. The molecule has 112 valence electrons. The Morgan fingerprint density at radius 1 is 1.19 bits per heavy atom. The van der Waals surface area contributed by atoms with Crippen LogP contribution in [0.1, 0.15) is 29.4 Å².